The second-order valence-electron chi connectivity index (χ2n) is 11.0. The molecule has 46 heavy (non-hydrogen) atoms. The number of allylic oxidation sites excluding steroid dienone is 4. The second-order valence-corrected chi connectivity index (χ2v) is 11.0. The molecule has 2 aromatic heterocycles. The van der Waals surface area contributed by atoms with Crippen molar-refractivity contribution in [3.8, 4) is 23.8 Å². The van der Waals surface area contributed by atoms with Crippen molar-refractivity contribution in [2.45, 2.75) is 51.7 Å². The first-order chi connectivity index (χ1) is 22.1. The molecule has 0 saturated heterocycles. The van der Waals surface area contributed by atoms with Gasteiger partial charge in [-0.15, -0.1) is 6.42 Å². The lowest BCUT2D eigenvalue weighted by atomic mass is 9.93. The SMILES string of the molecule is C#C[C@@H](c1ncc(C2=CCCC=C2)[nH]1)N(Cc1ccc(OC)c(-n2nn[nH]c2=O)c1)C(=O)[C@@H](N)Cc1c(C)cc(C(N)=O)cc1C. The number of rotatable bonds is 11. The zero-order valence-electron chi connectivity index (χ0n) is 25.8. The van der Waals surface area contributed by atoms with Crippen molar-refractivity contribution >= 4 is 17.4 Å². The van der Waals surface area contributed by atoms with Crippen LogP contribution in [0.3, 0.4) is 0 Å². The van der Waals surface area contributed by atoms with Crippen molar-refractivity contribution in [2.24, 2.45) is 11.5 Å². The molecule has 6 N–H and O–H groups in total. The number of benzene rings is 2. The van der Waals surface area contributed by atoms with Gasteiger partial charge >= 0.3 is 5.69 Å². The van der Waals surface area contributed by atoms with Crippen LogP contribution in [-0.2, 0) is 17.8 Å². The van der Waals surface area contributed by atoms with Crippen LogP contribution in [0.2, 0.25) is 0 Å². The molecule has 0 aliphatic heterocycles. The number of aromatic amines is 2. The summed E-state index contributed by atoms with van der Waals surface area (Å²) >= 11 is 0. The van der Waals surface area contributed by atoms with Crippen LogP contribution in [0.5, 0.6) is 5.75 Å². The monoisotopic (exact) mass is 621 g/mol. The van der Waals surface area contributed by atoms with Crippen LogP contribution in [-0.4, -0.2) is 60.0 Å². The number of carbonyl (C=O) groups excluding carboxylic acids is 2. The molecule has 4 aromatic rings. The van der Waals surface area contributed by atoms with Gasteiger partial charge in [0.15, 0.2) is 6.04 Å². The van der Waals surface area contributed by atoms with Gasteiger partial charge in [-0.25, -0.2) is 14.9 Å². The maximum absolute atomic E-state index is 14.3. The van der Waals surface area contributed by atoms with Gasteiger partial charge in [-0.05, 0) is 95.6 Å². The van der Waals surface area contributed by atoms with Crippen LogP contribution in [0.25, 0.3) is 11.3 Å². The number of methoxy groups -OCH3 is 1. The van der Waals surface area contributed by atoms with Gasteiger partial charge in [-0.1, -0.05) is 30.2 Å². The highest BCUT2D eigenvalue weighted by atomic mass is 16.5. The number of aryl methyl sites for hydroxylation is 2. The molecule has 5 rings (SSSR count). The fourth-order valence-electron chi connectivity index (χ4n) is 5.58. The van der Waals surface area contributed by atoms with E-state index in [1.165, 1.54) is 12.0 Å². The lowest BCUT2D eigenvalue weighted by Crippen LogP contribution is -2.46. The lowest BCUT2D eigenvalue weighted by molar-refractivity contribution is -0.134. The van der Waals surface area contributed by atoms with Crippen LogP contribution in [0, 0.1) is 26.2 Å². The smallest absolute Gasteiger partial charge is 0.365 e. The fourth-order valence-corrected chi connectivity index (χ4v) is 5.58. The Kier molecular flexibility index (Phi) is 9.29. The Morgan fingerprint density at radius 1 is 1.20 bits per heavy atom. The van der Waals surface area contributed by atoms with Crippen molar-refractivity contribution in [3.63, 3.8) is 0 Å². The Balaban J connectivity index is 1.52. The summed E-state index contributed by atoms with van der Waals surface area (Å²) in [4.78, 5) is 47.8. The summed E-state index contributed by atoms with van der Waals surface area (Å²) in [6.07, 6.45) is 16.1. The molecular weight excluding hydrogens is 586 g/mol. The highest BCUT2D eigenvalue weighted by Crippen LogP contribution is 2.28. The molecule has 13 nitrogen and oxygen atoms in total. The maximum atomic E-state index is 14.3. The maximum Gasteiger partial charge on any atom is 0.365 e. The summed E-state index contributed by atoms with van der Waals surface area (Å²) in [5.74, 6) is 2.54. The van der Waals surface area contributed by atoms with E-state index in [1.807, 2.05) is 19.9 Å². The molecule has 2 amide bonds. The van der Waals surface area contributed by atoms with Gasteiger partial charge in [0.2, 0.25) is 11.8 Å². The van der Waals surface area contributed by atoms with E-state index in [4.69, 9.17) is 22.6 Å². The molecule has 236 valence electrons. The highest BCUT2D eigenvalue weighted by Gasteiger charge is 2.31. The van der Waals surface area contributed by atoms with Gasteiger partial charge in [-0.2, -0.15) is 4.68 Å². The van der Waals surface area contributed by atoms with Crippen molar-refractivity contribution in [2.75, 3.05) is 7.11 Å². The Labute approximate surface area is 265 Å². The third-order valence-electron chi connectivity index (χ3n) is 7.93. The largest absolute Gasteiger partial charge is 0.494 e. The molecule has 2 atom stereocenters. The summed E-state index contributed by atoms with van der Waals surface area (Å²) in [6.45, 7) is 3.71. The Hall–Kier alpha value is -5.74. The fraction of sp³-hybridized carbons (Fsp3) is 0.273. The molecular formula is C33H35N9O4. The number of tetrazole rings is 1. The van der Waals surface area contributed by atoms with E-state index in [0.717, 1.165) is 45.5 Å². The summed E-state index contributed by atoms with van der Waals surface area (Å²) in [6, 6.07) is 6.56. The molecule has 0 radical (unpaired) electrons. The zero-order valence-corrected chi connectivity index (χ0v) is 25.8. The Morgan fingerprint density at radius 2 is 1.96 bits per heavy atom. The first kappa shape index (κ1) is 31.7. The number of hydrogen-bond donors (Lipinski definition) is 4. The number of terminal acetylenes is 1. The minimum Gasteiger partial charge on any atom is -0.494 e. The van der Waals surface area contributed by atoms with E-state index < -0.39 is 29.6 Å². The van der Waals surface area contributed by atoms with E-state index >= 15 is 0 Å². The van der Waals surface area contributed by atoms with E-state index in [1.54, 1.807) is 36.5 Å². The third kappa shape index (κ3) is 6.52. The number of ether oxygens (including phenoxy) is 1. The molecule has 2 aromatic carbocycles. The van der Waals surface area contributed by atoms with Crippen molar-refractivity contribution < 1.29 is 14.3 Å². The Morgan fingerprint density at radius 3 is 2.57 bits per heavy atom. The number of amides is 2. The summed E-state index contributed by atoms with van der Waals surface area (Å²) in [7, 11) is 1.47. The first-order valence-electron chi connectivity index (χ1n) is 14.6. The molecule has 1 aliphatic carbocycles. The quantitative estimate of drug-likeness (QED) is 0.184. The lowest BCUT2D eigenvalue weighted by Gasteiger charge is -2.30. The predicted octanol–water partition coefficient (Wildman–Crippen LogP) is 2.41. The van der Waals surface area contributed by atoms with Crippen LogP contribution in [0.1, 0.15) is 63.0 Å². The molecule has 0 unspecified atom stereocenters. The molecule has 13 heteroatoms. The van der Waals surface area contributed by atoms with Crippen molar-refractivity contribution in [3.05, 3.63) is 105 Å². The molecule has 0 fully saturated rings. The molecule has 0 bridgehead atoms. The molecule has 0 saturated carbocycles. The van der Waals surface area contributed by atoms with E-state index in [-0.39, 0.29) is 13.0 Å². The first-order valence-corrected chi connectivity index (χ1v) is 14.6. The summed E-state index contributed by atoms with van der Waals surface area (Å²) in [5, 5.41) is 9.67. The third-order valence-corrected chi connectivity index (χ3v) is 7.93. The normalized spacial score (nSPS) is 13.8. The summed E-state index contributed by atoms with van der Waals surface area (Å²) in [5.41, 5.74) is 17.0. The number of primary amides is 1. The zero-order chi connectivity index (χ0) is 33.0. The summed E-state index contributed by atoms with van der Waals surface area (Å²) < 4.78 is 6.51. The highest BCUT2D eigenvalue weighted by molar-refractivity contribution is 5.93. The number of hydrogen-bond acceptors (Lipinski definition) is 8. The molecule has 2 heterocycles. The number of nitrogens with one attached hydrogen (secondary N) is 2. The van der Waals surface area contributed by atoms with Crippen molar-refractivity contribution in [1.29, 1.82) is 0 Å². The number of nitrogens with zero attached hydrogens (tertiary/aromatic N) is 5. The molecule has 1 aliphatic rings. The van der Waals surface area contributed by atoms with E-state index in [2.05, 4.69) is 43.6 Å². The number of H-pyrrole nitrogens is 2. The minimum absolute atomic E-state index is 0.0161. The average molecular weight is 622 g/mol. The van der Waals surface area contributed by atoms with Gasteiger partial charge < -0.3 is 26.1 Å². The van der Waals surface area contributed by atoms with Gasteiger partial charge in [0.05, 0.1) is 25.0 Å². The van der Waals surface area contributed by atoms with Crippen LogP contribution < -0.4 is 21.9 Å². The van der Waals surface area contributed by atoms with Crippen LogP contribution >= 0.6 is 0 Å². The van der Waals surface area contributed by atoms with Crippen LogP contribution in [0.15, 0.2) is 59.6 Å². The van der Waals surface area contributed by atoms with Gasteiger partial charge in [0, 0.05) is 12.1 Å². The van der Waals surface area contributed by atoms with E-state index in [0.29, 0.717) is 28.4 Å². The minimum atomic E-state index is -0.998. The topological polar surface area (TPSA) is 191 Å². The predicted molar refractivity (Wildman–Crippen MR) is 172 cm³/mol. The van der Waals surface area contributed by atoms with Gasteiger partial charge in [0.1, 0.15) is 17.3 Å². The van der Waals surface area contributed by atoms with Gasteiger partial charge in [-0.3, -0.25) is 9.59 Å². The van der Waals surface area contributed by atoms with Gasteiger partial charge in [0.25, 0.3) is 0 Å². The van der Waals surface area contributed by atoms with Crippen LogP contribution in [0.4, 0.5) is 0 Å². The van der Waals surface area contributed by atoms with E-state index in [9.17, 15) is 14.4 Å². The number of imidazole rings is 1. The Bertz CT molecular complexity index is 1920. The number of carbonyl (C=O) groups is 2. The standard InChI is InChI=1S/C33H35N9O4/c1-5-27(31-36-17-26(37-31)22-9-7-6-8-10-22)41(18-21-11-12-29(46-4)28(15-21)42-33(45)38-39-40-42)32(44)25(34)16-24-19(2)13-23(30(35)43)14-20(24)3/h1,7,9-15,17,25,27H,6,8,16,18,34H2,2-4H3,(H2,35,43)(H,36,37)(H,38,40,45)/t25-,27-/m0/s1. The average Bonchev–Trinajstić information content (AvgIpc) is 3.72. The van der Waals surface area contributed by atoms with Crippen molar-refractivity contribution in [1.82, 2.24) is 35.1 Å². The molecule has 0 spiro atoms. The number of aromatic nitrogens is 6. The second kappa shape index (κ2) is 13.5. The number of nitrogens with two attached hydrogens (primary N) is 2.